The van der Waals surface area contributed by atoms with E-state index in [1.54, 1.807) is 0 Å². The van der Waals surface area contributed by atoms with Gasteiger partial charge >= 0.3 is 0 Å². The van der Waals surface area contributed by atoms with Crippen molar-refractivity contribution in [2.75, 3.05) is 5.32 Å². The SMILES string of the molecule is O=C1CCC(c2ccc(NC(=O)C3CCC3)cc2)=NN1. The molecule has 1 aliphatic heterocycles. The quantitative estimate of drug-likeness (QED) is 0.883. The third-order valence-electron chi connectivity index (χ3n) is 3.87. The first-order valence-electron chi connectivity index (χ1n) is 6.99. The molecule has 5 nitrogen and oxygen atoms in total. The maximum Gasteiger partial charge on any atom is 0.240 e. The molecule has 0 radical (unpaired) electrons. The van der Waals surface area contributed by atoms with Gasteiger partial charge in [0.25, 0.3) is 0 Å². The number of nitrogens with zero attached hydrogens (tertiary/aromatic N) is 1. The highest BCUT2D eigenvalue weighted by molar-refractivity contribution is 6.04. The van der Waals surface area contributed by atoms with Gasteiger partial charge in [-0.25, -0.2) is 5.43 Å². The highest BCUT2D eigenvalue weighted by Crippen LogP contribution is 2.27. The van der Waals surface area contributed by atoms with Crippen LogP contribution in [-0.4, -0.2) is 17.5 Å². The smallest absolute Gasteiger partial charge is 0.240 e. The van der Waals surface area contributed by atoms with Gasteiger partial charge in [0.1, 0.15) is 0 Å². The third kappa shape index (κ3) is 2.71. The lowest BCUT2D eigenvalue weighted by Gasteiger charge is -2.24. The summed E-state index contributed by atoms with van der Waals surface area (Å²) >= 11 is 0. The van der Waals surface area contributed by atoms with E-state index >= 15 is 0 Å². The summed E-state index contributed by atoms with van der Waals surface area (Å²) in [6, 6.07) is 7.61. The van der Waals surface area contributed by atoms with Crippen LogP contribution in [0.15, 0.2) is 29.4 Å². The van der Waals surface area contributed by atoms with Crippen LogP contribution in [-0.2, 0) is 9.59 Å². The minimum atomic E-state index is -0.0434. The van der Waals surface area contributed by atoms with E-state index in [0.29, 0.717) is 12.8 Å². The van der Waals surface area contributed by atoms with Crippen LogP contribution < -0.4 is 10.7 Å². The lowest BCUT2D eigenvalue weighted by atomic mass is 9.85. The Kier molecular flexibility index (Phi) is 3.50. The largest absolute Gasteiger partial charge is 0.326 e. The number of nitrogens with one attached hydrogen (secondary N) is 2. The number of hydrogen-bond acceptors (Lipinski definition) is 3. The second-order valence-electron chi connectivity index (χ2n) is 5.29. The molecule has 104 valence electrons. The van der Waals surface area contributed by atoms with Crippen LogP contribution in [0.2, 0.25) is 0 Å². The van der Waals surface area contributed by atoms with Crippen molar-refractivity contribution in [2.45, 2.75) is 32.1 Å². The van der Waals surface area contributed by atoms with Crippen LogP contribution in [0.4, 0.5) is 5.69 Å². The van der Waals surface area contributed by atoms with E-state index in [1.165, 1.54) is 0 Å². The molecule has 2 N–H and O–H groups in total. The average Bonchev–Trinajstić information content (AvgIpc) is 2.38. The predicted molar refractivity (Wildman–Crippen MR) is 76.3 cm³/mol. The van der Waals surface area contributed by atoms with E-state index in [-0.39, 0.29) is 17.7 Å². The molecule has 1 aliphatic carbocycles. The number of carbonyl (C=O) groups excluding carboxylic acids is 2. The van der Waals surface area contributed by atoms with E-state index in [0.717, 1.165) is 36.2 Å². The molecule has 0 atom stereocenters. The van der Waals surface area contributed by atoms with Gasteiger partial charge in [-0.1, -0.05) is 18.6 Å². The van der Waals surface area contributed by atoms with E-state index in [9.17, 15) is 9.59 Å². The second-order valence-corrected chi connectivity index (χ2v) is 5.29. The van der Waals surface area contributed by atoms with Gasteiger partial charge in [-0.15, -0.1) is 0 Å². The Labute approximate surface area is 117 Å². The molecule has 2 amide bonds. The van der Waals surface area contributed by atoms with Gasteiger partial charge in [0, 0.05) is 24.4 Å². The van der Waals surface area contributed by atoms with Gasteiger partial charge in [-0.3, -0.25) is 9.59 Å². The van der Waals surface area contributed by atoms with Gasteiger partial charge in [0.05, 0.1) is 5.71 Å². The van der Waals surface area contributed by atoms with Crippen molar-refractivity contribution in [2.24, 2.45) is 11.0 Å². The molecular weight excluding hydrogens is 254 g/mol. The summed E-state index contributed by atoms with van der Waals surface area (Å²) in [5.74, 6) is 0.261. The second kappa shape index (κ2) is 5.45. The number of hydrazone groups is 1. The molecule has 0 unspecified atom stereocenters. The van der Waals surface area contributed by atoms with Crippen molar-refractivity contribution < 1.29 is 9.59 Å². The van der Waals surface area contributed by atoms with Gasteiger partial charge in [-0.05, 0) is 30.5 Å². The van der Waals surface area contributed by atoms with Crippen molar-refractivity contribution in [3.05, 3.63) is 29.8 Å². The van der Waals surface area contributed by atoms with Gasteiger partial charge in [0.15, 0.2) is 0 Å². The Morgan fingerprint density at radius 3 is 2.50 bits per heavy atom. The van der Waals surface area contributed by atoms with Gasteiger partial charge < -0.3 is 5.32 Å². The topological polar surface area (TPSA) is 70.6 Å². The van der Waals surface area contributed by atoms with Crippen LogP contribution >= 0.6 is 0 Å². The lowest BCUT2D eigenvalue weighted by molar-refractivity contribution is -0.122. The highest BCUT2D eigenvalue weighted by atomic mass is 16.2. The summed E-state index contributed by atoms with van der Waals surface area (Å²) in [6.07, 6.45) is 4.28. The summed E-state index contributed by atoms with van der Waals surface area (Å²) in [5, 5.41) is 6.98. The molecule has 5 heteroatoms. The Bertz CT molecular complexity index is 559. The van der Waals surface area contributed by atoms with Crippen LogP contribution in [0.25, 0.3) is 0 Å². The molecule has 1 saturated carbocycles. The fourth-order valence-corrected chi connectivity index (χ4v) is 2.34. The van der Waals surface area contributed by atoms with Crippen LogP contribution in [0, 0.1) is 5.92 Å². The fourth-order valence-electron chi connectivity index (χ4n) is 2.34. The Morgan fingerprint density at radius 2 is 1.95 bits per heavy atom. The Hall–Kier alpha value is -2.17. The first-order chi connectivity index (χ1) is 9.72. The normalized spacial score (nSPS) is 18.8. The van der Waals surface area contributed by atoms with Crippen molar-refractivity contribution in [1.29, 1.82) is 0 Å². The average molecular weight is 271 g/mol. The van der Waals surface area contributed by atoms with Crippen molar-refractivity contribution in [3.63, 3.8) is 0 Å². The summed E-state index contributed by atoms with van der Waals surface area (Å²) in [6.45, 7) is 0. The first-order valence-corrected chi connectivity index (χ1v) is 6.99. The lowest BCUT2D eigenvalue weighted by Crippen LogP contribution is -2.28. The van der Waals surface area contributed by atoms with Crippen LogP contribution in [0.3, 0.4) is 0 Å². The zero-order chi connectivity index (χ0) is 13.9. The molecule has 0 bridgehead atoms. The monoisotopic (exact) mass is 271 g/mol. The van der Waals surface area contributed by atoms with Gasteiger partial charge in [0.2, 0.25) is 11.8 Å². The standard InChI is InChI=1S/C15H17N3O2/c19-14-9-8-13(17-18-14)10-4-6-12(7-5-10)16-15(20)11-2-1-3-11/h4-7,11H,1-3,8-9H2,(H,16,20)(H,18,19). The molecule has 2 aliphatic rings. The molecule has 0 aromatic heterocycles. The molecule has 1 fully saturated rings. The molecule has 0 spiro atoms. The summed E-state index contributed by atoms with van der Waals surface area (Å²) in [5.41, 5.74) is 5.15. The Morgan fingerprint density at radius 1 is 1.20 bits per heavy atom. The fraction of sp³-hybridized carbons (Fsp3) is 0.400. The highest BCUT2D eigenvalue weighted by Gasteiger charge is 2.25. The molecule has 1 aromatic rings. The number of rotatable bonds is 3. The summed E-state index contributed by atoms with van der Waals surface area (Å²) < 4.78 is 0. The molecular formula is C15H17N3O2. The van der Waals surface area contributed by atoms with Gasteiger partial charge in [-0.2, -0.15) is 5.10 Å². The first kappa shape index (κ1) is 12.8. The molecule has 20 heavy (non-hydrogen) atoms. The van der Waals surface area contributed by atoms with E-state index < -0.39 is 0 Å². The number of carbonyl (C=O) groups is 2. The summed E-state index contributed by atoms with van der Waals surface area (Å²) in [7, 11) is 0. The molecule has 1 aromatic carbocycles. The molecule has 1 heterocycles. The van der Waals surface area contributed by atoms with Crippen molar-refractivity contribution in [3.8, 4) is 0 Å². The number of amides is 2. The van der Waals surface area contributed by atoms with Crippen molar-refractivity contribution in [1.82, 2.24) is 5.43 Å². The maximum atomic E-state index is 11.8. The van der Waals surface area contributed by atoms with E-state index in [1.807, 2.05) is 24.3 Å². The van der Waals surface area contributed by atoms with Crippen LogP contribution in [0.5, 0.6) is 0 Å². The third-order valence-corrected chi connectivity index (χ3v) is 3.87. The van der Waals surface area contributed by atoms with E-state index in [4.69, 9.17) is 0 Å². The predicted octanol–water partition coefficient (Wildman–Crippen LogP) is 2.04. The molecule has 3 rings (SSSR count). The summed E-state index contributed by atoms with van der Waals surface area (Å²) in [4.78, 5) is 22.9. The zero-order valence-corrected chi connectivity index (χ0v) is 11.2. The van der Waals surface area contributed by atoms with E-state index in [2.05, 4.69) is 15.8 Å². The maximum absolute atomic E-state index is 11.8. The molecule has 0 saturated heterocycles. The van der Waals surface area contributed by atoms with Crippen molar-refractivity contribution >= 4 is 23.2 Å². The number of anilines is 1. The minimum absolute atomic E-state index is 0.0434. The van der Waals surface area contributed by atoms with Crippen LogP contribution in [0.1, 0.15) is 37.7 Å². The number of benzene rings is 1. The minimum Gasteiger partial charge on any atom is -0.326 e. The number of hydrogen-bond donors (Lipinski definition) is 2. The Balaban J connectivity index is 1.65. The zero-order valence-electron chi connectivity index (χ0n) is 11.2.